The molecule has 0 aliphatic heterocycles. The molecule has 0 aliphatic carbocycles. The van der Waals surface area contributed by atoms with Crippen LogP contribution < -0.4 is 0 Å². The summed E-state index contributed by atoms with van der Waals surface area (Å²) >= 11 is 9.33. The fraction of sp³-hybridized carbons (Fsp3) is 1.00. The van der Waals surface area contributed by atoms with Crippen LogP contribution in [0.3, 0.4) is 0 Å². The first-order valence-electron chi connectivity index (χ1n) is 5.79. The zero-order valence-electron chi connectivity index (χ0n) is 12.1. The Morgan fingerprint density at radius 1 is 1.00 bits per heavy atom. The second kappa shape index (κ2) is 10.8. The SMILES string of the molecule is CC(C)COP(=S)(S)OCC(C)C.CN(C)C. The Hall–Kier alpha value is 0.880. The molecule has 0 heterocycles. The van der Waals surface area contributed by atoms with E-state index in [0.29, 0.717) is 25.0 Å². The van der Waals surface area contributed by atoms with E-state index in [9.17, 15) is 0 Å². The summed E-state index contributed by atoms with van der Waals surface area (Å²) in [4.78, 5) is 2.00. The Kier molecular flexibility index (Phi) is 12.8. The second-order valence-corrected chi connectivity index (χ2v) is 10.5. The highest BCUT2D eigenvalue weighted by Gasteiger charge is 2.14. The van der Waals surface area contributed by atoms with E-state index in [-0.39, 0.29) is 0 Å². The number of nitrogens with zero attached hydrogens (tertiary/aromatic N) is 1. The Labute approximate surface area is 118 Å². The third-order valence-electron chi connectivity index (χ3n) is 1.14. The van der Waals surface area contributed by atoms with Crippen molar-refractivity contribution in [1.29, 1.82) is 0 Å². The van der Waals surface area contributed by atoms with Crippen molar-refractivity contribution in [3.05, 3.63) is 0 Å². The molecule has 0 N–H and O–H groups in total. The Bertz CT molecular complexity index is 205. The zero-order valence-corrected chi connectivity index (χ0v) is 14.7. The van der Waals surface area contributed by atoms with E-state index >= 15 is 0 Å². The third kappa shape index (κ3) is 22.5. The first kappa shape index (κ1) is 20.2. The molecule has 0 aliphatic rings. The molecule has 0 spiro atoms. The molecule has 17 heavy (non-hydrogen) atoms. The average molecular weight is 301 g/mol. The van der Waals surface area contributed by atoms with Gasteiger partial charge in [0.2, 0.25) is 5.69 Å². The van der Waals surface area contributed by atoms with Gasteiger partial charge in [-0.05, 0) is 44.8 Å². The van der Waals surface area contributed by atoms with Crippen LogP contribution in [0.4, 0.5) is 0 Å². The summed E-state index contributed by atoms with van der Waals surface area (Å²) in [6.45, 7) is 9.55. The normalized spacial score (nSPS) is 11.9. The van der Waals surface area contributed by atoms with Crippen molar-refractivity contribution in [1.82, 2.24) is 4.90 Å². The molecular formula is C11H28NO2PS2. The van der Waals surface area contributed by atoms with Crippen molar-refractivity contribution in [2.75, 3.05) is 34.4 Å². The predicted octanol–water partition coefficient (Wildman–Crippen LogP) is 3.66. The fourth-order valence-electron chi connectivity index (χ4n) is 0.524. The van der Waals surface area contributed by atoms with Crippen LogP contribution in [-0.2, 0) is 20.9 Å². The molecule has 0 bridgehead atoms. The second-order valence-electron chi connectivity index (χ2n) is 5.19. The fourth-order valence-corrected chi connectivity index (χ4v) is 2.34. The molecule has 6 heteroatoms. The molecule has 0 saturated carbocycles. The van der Waals surface area contributed by atoms with E-state index in [2.05, 4.69) is 39.9 Å². The standard InChI is InChI=1S/C8H19O2PS2.C3H9N/c1-7(2)5-9-11(12,13)10-6-8(3)4;1-4(2)3/h7-8H,5-6H2,1-4H3,(H,12,13);1-3H3. The summed E-state index contributed by atoms with van der Waals surface area (Å²) in [6.07, 6.45) is 0. The van der Waals surface area contributed by atoms with Gasteiger partial charge in [0.1, 0.15) is 0 Å². The lowest BCUT2D eigenvalue weighted by Crippen LogP contribution is -2.03. The summed E-state index contributed by atoms with van der Waals surface area (Å²) in [5.41, 5.74) is -2.27. The number of hydrogen-bond acceptors (Lipinski definition) is 4. The van der Waals surface area contributed by atoms with Gasteiger partial charge in [-0.25, -0.2) is 0 Å². The average Bonchev–Trinajstić information content (AvgIpc) is 2.11. The molecule has 0 aromatic rings. The molecule has 0 radical (unpaired) electrons. The first-order valence-corrected chi connectivity index (χ1v) is 9.58. The molecule has 0 aromatic carbocycles. The van der Waals surface area contributed by atoms with E-state index in [4.69, 9.17) is 20.9 Å². The van der Waals surface area contributed by atoms with Gasteiger partial charge in [-0.3, -0.25) is 0 Å². The van der Waals surface area contributed by atoms with Crippen molar-refractivity contribution in [3.63, 3.8) is 0 Å². The van der Waals surface area contributed by atoms with Crippen LogP contribution in [0.2, 0.25) is 0 Å². The molecule has 0 atom stereocenters. The minimum atomic E-state index is -2.27. The molecule has 0 amide bonds. The quantitative estimate of drug-likeness (QED) is 0.597. The molecule has 0 unspecified atom stereocenters. The summed E-state index contributed by atoms with van der Waals surface area (Å²) in [7, 11) is 6.00. The topological polar surface area (TPSA) is 21.7 Å². The predicted molar refractivity (Wildman–Crippen MR) is 84.5 cm³/mol. The van der Waals surface area contributed by atoms with Gasteiger partial charge in [0.15, 0.2) is 0 Å². The highest BCUT2D eigenvalue weighted by atomic mass is 32.9. The van der Waals surface area contributed by atoms with Crippen LogP contribution >= 0.6 is 17.9 Å². The molecule has 0 aromatic heterocycles. The molecule has 0 saturated heterocycles. The van der Waals surface area contributed by atoms with Crippen LogP contribution in [0, 0.1) is 11.8 Å². The first-order chi connectivity index (χ1) is 7.57. The summed E-state index contributed by atoms with van der Waals surface area (Å²) < 4.78 is 10.8. The monoisotopic (exact) mass is 301 g/mol. The van der Waals surface area contributed by atoms with Crippen molar-refractivity contribution in [2.24, 2.45) is 11.8 Å². The van der Waals surface area contributed by atoms with Crippen molar-refractivity contribution < 1.29 is 9.05 Å². The zero-order chi connectivity index (χ0) is 14.1. The lowest BCUT2D eigenvalue weighted by atomic mass is 10.2. The summed E-state index contributed by atoms with van der Waals surface area (Å²) in [5, 5.41) is 0. The van der Waals surface area contributed by atoms with E-state index in [1.807, 2.05) is 26.0 Å². The van der Waals surface area contributed by atoms with Crippen LogP contribution in [0.15, 0.2) is 0 Å². The minimum Gasteiger partial charge on any atom is -0.322 e. The number of hydrogen-bond donors (Lipinski definition) is 1. The van der Waals surface area contributed by atoms with Gasteiger partial charge in [-0.1, -0.05) is 39.9 Å². The maximum atomic E-state index is 5.41. The number of rotatable bonds is 6. The van der Waals surface area contributed by atoms with Crippen LogP contribution in [0.5, 0.6) is 0 Å². The van der Waals surface area contributed by atoms with E-state index in [1.165, 1.54) is 0 Å². The maximum Gasteiger partial charge on any atom is 0.244 e. The highest BCUT2D eigenvalue weighted by molar-refractivity contribution is 8.60. The van der Waals surface area contributed by atoms with Crippen LogP contribution in [0.1, 0.15) is 27.7 Å². The van der Waals surface area contributed by atoms with E-state index in [1.54, 1.807) is 0 Å². The van der Waals surface area contributed by atoms with Gasteiger partial charge in [0.05, 0.1) is 13.2 Å². The van der Waals surface area contributed by atoms with Crippen LogP contribution in [0.25, 0.3) is 0 Å². The highest BCUT2D eigenvalue weighted by Crippen LogP contribution is 2.53. The van der Waals surface area contributed by atoms with Crippen molar-refractivity contribution in [2.45, 2.75) is 27.7 Å². The van der Waals surface area contributed by atoms with Gasteiger partial charge in [-0.15, -0.1) is 0 Å². The largest absolute Gasteiger partial charge is 0.322 e. The van der Waals surface area contributed by atoms with Gasteiger partial charge in [0.25, 0.3) is 0 Å². The van der Waals surface area contributed by atoms with Gasteiger partial charge in [-0.2, -0.15) is 0 Å². The lowest BCUT2D eigenvalue weighted by molar-refractivity contribution is 0.219. The third-order valence-corrected chi connectivity index (χ3v) is 3.42. The van der Waals surface area contributed by atoms with Gasteiger partial charge < -0.3 is 13.9 Å². The molecule has 0 rings (SSSR count). The van der Waals surface area contributed by atoms with E-state index in [0.717, 1.165) is 0 Å². The Balaban J connectivity index is 0. The van der Waals surface area contributed by atoms with Gasteiger partial charge >= 0.3 is 0 Å². The van der Waals surface area contributed by atoms with Gasteiger partial charge in [0, 0.05) is 0 Å². The molecule has 3 nitrogen and oxygen atoms in total. The smallest absolute Gasteiger partial charge is 0.244 e. The molecule has 106 valence electrons. The number of thiol groups is 1. The summed E-state index contributed by atoms with van der Waals surface area (Å²) in [5.74, 6) is 0.939. The van der Waals surface area contributed by atoms with Crippen molar-refractivity contribution >= 4 is 29.7 Å². The molecule has 0 fully saturated rings. The minimum absolute atomic E-state index is 0.470. The Morgan fingerprint density at radius 3 is 1.41 bits per heavy atom. The summed E-state index contributed by atoms with van der Waals surface area (Å²) in [6, 6.07) is 0. The maximum absolute atomic E-state index is 5.41. The Morgan fingerprint density at radius 2 is 1.24 bits per heavy atom. The van der Waals surface area contributed by atoms with E-state index < -0.39 is 5.69 Å². The van der Waals surface area contributed by atoms with Crippen LogP contribution in [-0.4, -0.2) is 39.3 Å². The molecular weight excluding hydrogens is 273 g/mol. The lowest BCUT2D eigenvalue weighted by Gasteiger charge is -2.18. The van der Waals surface area contributed by atoms with Crippen molar-refractivity contribution in [3.8, 4) is 0 Å².